The second-order valence-electron chi connectivity index (χ2n) is 3.17. The van der Waals surface area contributed by atoms with Crippen LogP contribution in [0.3, 0.4) is 0 Å². The summed E-state index contributed by atoms with van der Waals surface area (Å²) >= 11 is 0. The lowest BCUT2D eigenvalue weighted by atomic mass is 9.93. The molecule has 1 aliphatic rings. The summed E-state index contributed by atoms with van der Waals surface area (Å²) in [6, 6.07) is 1.77. The first-order chi connectivity index (χ1) is 5.79. The van der Waals surface area contributed by atoms with Crippen molar-refractivity contribution in [2.45, 2.75) is 12.0 Å². The maximum atomic E-state index is 9.72. The third kappa shape index (κ3) is 1.44. The predicted molar refractivity (Wildman–Crippen MR) is 43.6 cm³/mol. The zero-order chi connectivity index (χ0) is 8.44. The van der Waals surface area contributed by atoms with Crippen molar-refractivity contribution in [1.29, 1.82) is 0 Å². The summed E-state index contributed by atoms with van der Waals surface area (Å²) in [7, 11) is 0. The fourth-order valence-electron chi connectivity index (χ4n) is 1.25. The Bertz CT molecular complexity index is 258. The van der Waals surface area contributed by atoms with Gasteiger partial charge in [-0.1, -0.05) is 0 Å². The molecule has 0 aromatic carbocycles. The van der Waals surface area contributed by atoms with Gasteiger partial charge in [0.2, 0.25) is 0 Å². The van der Waals surface area contributed by atoms with E-state index in [1.165, 1.54) is 0 Å². The molecule has 1 fully saturated rings. The summed E-state index contributed by atoms with van der Waals surface area (Å²) < 4.78 is 0. The molecule has 0 aliphatic carbocycles. The Labute approximate surface area is 70.7 Å². The van der Waals surface area contributed by atoms with E-state index in [9.17, 15) is 5.11 Å². The highest BCUT2D eigenvalue weighted by molar-refractivity contribution is 5.02. The van der Waals surface area contributed by atoms with Gasteiger partial charge in [-0.3, -0.25) is 0 Å². The third-order valence-corrected chi connectivity index (χ3v) is 2.01. The molecule has 1 aliphatic heterocycles. The van der Waals surface area contributed by atoms with Crippen LogP contribution in [0.2, 0.25) is 0 Å². The Hall–Kier alpha value is -1.00. The van der Waals surface area contributed by atoms with E-state index in [-0.39, 0.29) is 0 Å². The molecule has 2 heterocycles. The molecule has 2 rings (SSSR count). The van der Waals surface area contributed by atoms with Crippen molar-refractivity contribution in [3.63, 3.8) is 0 Å². The number of aromatic nitrogens is 2. The number of hydrogen-bond acceptors (Lipinski definition) is 4. The zero-order valence-electron chi connectivity index (χ0n) is 6.70. The van der Waals surface area contributed by atoms with Gasteiger partial charge < -0.3 is 10.4 Å². The molecule has 0 atom stereocenters. The van der Waals surface area contributed by atoms with E-state index in [2.05, 4.69) is 15.3 Å². The lowest BCUT2D eigenvalue weighted by Crippen LogP contribution is -2.60. The second kappa shape index (κ2) is 2.80. The first-order valence-electron chi connectivity index (χ1n) is 3.98. The minimum Gasteiger partial charge on any atom is -0.387 e. The van der Waals surface area contributed by atoms with Crippen molar-refractivity contribution in [3.05, 3.63) is 24.3 Å². The van der Waals surface area contributed by atoms with E-state index in [0.717, 1.165) is 0 Å². The lowest BCUT2D eigenvalue weighted by Gasteiger charge is -2.36. The molecule has 1 aromatic rings. The number of hydrogen-bond donors (Lipinski definition) is 2. The Kier molecular flexibility index (Phi) is 1.78. The predicted octanol–water partition coefficient (Wildman–Crippen LogP) is -0.647. The van der Waals surface area contributed by atoms with Crippen molar-refractivity contribution in [1.82, 2.24) is 15.3 Å². The van der Waals surface area contributed by atoms with Gasteiger partial charge in [-0.15, -0.1) is 0 Å². The van der Waals surface area contributed by atoms with Gasteiger partial charge in [-0.2, -0.15) is 0 Å². The van der Waals surface area contributed by atoms with Crippen LogP contribution in [0.25, 0.3) is 0 Å². The first-order valence-corrected chi connectivity index (χ1v) is 3.98. The lowest BCUT2D eigenvalue weighted by molar-refractivity contribution is -0.0107. The smallest absolute Gasteiger partial charge is 0.131 e. The molecule has 0 bridgehead atoms. The largest absolute Gasteiger partial charge is 0.387 e. The molecule has 0 saturated carbocycles. The SMILES string of the molecule is OC1(Cc2ncccn2)CNC1. The molecule has 1 saturated heterocycles. The number of aliphatic hydroxyl groups is 1. The molecule has 64 valence electrons. The Morgan fingerprint density at radius 2 is 2.08 bits per heavy atom. The van der Waals surface area contributed by atoms with Crippen LogP contribution in [0.1, 0.15) is 5.82 Å². The van der Waals surface area contributed by atoms with Gasteiger partial charge in [0.05, 0.1) is 5.60 Å². The van der Waals surface area contributed by atoms with Crippen molar-refractivity contribution < 1.29 is 5.11 Å². The molecule has 0 amide bonds. The molecule has 12 heavy (non-hydrogen) atoms. The number of nitrogens with one attached hydrogen (secondary N) is 1. The summed E-state index contributed by atoms with van der Waals surface area (Å²) in [6.45, 7) is 1.29. The van der Waals surface area contributed by atoms with Gasteiger partial charge in [-0.05, 0) is 6.07 Å². The van der Waals surface area contributed by atoms with Gasteiger partial charge in [0.1, 0.15) is 5.82 Å². The van der Waals surface area contributed by atoms with Crippen LogP contribution >= 0.6 is 0 Å². The normalized spacial score (nSPS) is 20.1. The fraction of sp³-hybridized carbons (Fsp3) is 0.500. The molecular weight excluding hydrogens is 154 g/mol. The van der Waals surface area contributed by atoms with Crippen molar-refractivity contribution in [2.24, 2.45) is 0 Å². The molecule has 0 spiro atoms. The van der Waals surface area contributed by atoms with Crippen LogP contribution in [0, 0.1) is 0 Å². The van der Waals surface area contributed by atoms with E-state index < -0.39 is 5.60 Å². The van der Waals surface area contributed by atoms with E-state index >= 15 is 0 Å². The summed E-state index contributed by atoms with van der Waals surface area (Å²) in [4.78, 5) is 8.09. The molecular formula is C8H11N3O. The summed E-state index contributed by atoms with van der Waals surface area (Å²) in [6.07, 6.45) is 3.93. The summed E-state index contributed by atoms with van der Waals surface area (Å²) in [5.41, 5.74) is -0.610. The molecule has 1 aromatic heterocycles. The van der Waals surface area contributed by atoms with Gasteiger partial charge in [0.15, 0.2) is 0 Å². The van der Waals surface area contributed by atoms with E-state index in [0.29, 0.717) is 25.3 Å². The zero-order valence-corrected chi connectivity index (χ0v) is 6.70. The van der Waals surface area contributed by atoms with Gasteiger partial charge in [0, 0.05) is 31.9 Å². The van der Waals surface area contributed by atoms with Gasteiger partial charge in [-0.25, -0.2) is 9.97 Å². The minimum atomic E-state index is -0.610. The number of nitrogens with zero attached hydrogens (tertiary/aromatic N) is 2. The quantitative estimate of drug-likeness (QED) is 0.611. The molecule has 4 heteroatoms. The maximum absolute atomic E-state index is 9.72. The standard InChI is InChI=1S/C8H11N3O/c12-8(5-9-6-8)4-7-10-2-1-3-11-7/h1-3,9,12H,4-6H2. The Morgan fingerprint density at radius 3 is 2.58 bits per heavy atom. The number of rotatable bonds is 2. The van der Waals surface area contributed by atoms with E-state index in [4.69, 9.17) is 0 Å². The van der Waals surface area contributed by atoms with Crippen LogP contribution in [-0.2, 0) is 6.42 Å². The van der Waals surface area contributed by atoms with Crippen molar-refractivity contribution in [2.75, 3.05) is 13.1 Å². The van der Waals surface area contributed by atoms with Crippen LogP contribution in [0.5, 0.6) is 0 Å². The Balaban J connectivity index is 2.04. The third-order valence-electron chi connectivity index (χ3n) is 2.01. The van der Waals surface area contributed by atoms with Gasteiger partial charge >= 0.3 is 0 Å². The highest BCUT2D eigenvalue weighted by atomic mass is 16.3. The fourth-order valence-corrected chi connectivity index (χ4v) is 1.25. The highest BCUT2D eigenvalue weighted by Crippen LogP contribution is 2.14. The summed E-state index contributed by atoms with van der Waals surface area (Å²) in [5.74, 6) is 0.710. The second-order valence-corrected chi connectivity index (χ2v) is 3.17. The summed E-state index contributed by atoms with van der Waals surface area (Å²) in [5, 5.41) is 12.7. The number of β-amino-alcohol motifs (C(OH)–C–C–N with tert-alkyl or cyclic N) is 1. The van der Waals surface area contributed by atoms with Crippen molar-refractivity contribution in [3.8, 4) is 0 Å². The van der Waals surface area contributed by atoms with E-state index in [1.807, 2.05) is 0 Å². The topological polar surface area (TPSA) is 58.0 Å². The van der Waals surface area contributed by atoms with Crippen LogP contribution in [0.4, 0.5) is 0 Å². The molecule has 0 unspecified atom stereocenters. The van der Waals surface area contributed by atoms with Gasteiger partial charge in [0.25, 0.3) is 0 Å². The molecule has 4 nitrogen and oxygen atoms in total. The van der Waals surface area contributed by atoms with Crippen LogP contribution < -0.4 is 5.32 Å². The van der Waals surface area contributed by atoms with Crippen LogP contribution in [0.15, 0.2) is 18.5 Å². The maximum Gasteiger partial charge on any atom is 0.131 e. The molecule has 0 radical (unpaired) electrons. The van der Waals surface area contributed by atoms with E-state index in [1.54, 1.807) is 18.5 Å². The molecule has 2 N–H and O–H groups in total. The average Bonchev–Trinajstić information content (AvgIpc) is 2.04. The first kappa shape index (κ1) is 7.64. The Morgan fingerprint density at radius 1 is 1.42 bits per heavy atom. The monoisotopic (exact) mass is 165 g/mol. The minimum absolute atomic E-state index is 0.542. The average molecular weight is 165 g/mol. The van der Waals surface area contributed by atoms with Crippen molar-refractivity contribution >= 4 is 0 Å². The van der Waals surface area contributed by atoms with Crippen LogP contribution in [-0.4, -0.2) is 33.8 Å². The highest BCUT2D eigenvalue weighted by Gasteiger charge is 2.34.